The lowest BCUT2D eigenvalue weighted by Crippen LogP contribution is -2.15. The molecule has 2 aliphatic rings. The molecule has 0 atom stereocenters. The van der Waals surface area contributed by atoms with Gasteiger partial charge in [0.2, 0.25) is 0 Å². The summed E-state index contributed by atoms with van der Waals surface area (Å²) in [5.74, 6) is -2.04. The van der Waals surface area contributed by atoms with Crippen molar-refractivity contribution in [3.8, 4) is 22.3 Å². The van der Waals surface area contributed by atoms with Gasteiger partial charge in [0.05, 0.1) is 11.1 Å². The number of rotatable bonds is 2. The normalized spacial score (nSPS) is 12.6. The van der Waals surface area contributed by atoms with Gasteiger partial charge in [-0.25, -0.2) is 9.59 Å². The van der Waals surface area contributed by atoms with Gasteiger partial charge in [0.1, 0.15) is 0 Å². The molecule has 0 spiro atoms. The van der Waals surface area contributed by atoms with Crippen LogP contribution < -0.4 is 0 Å². The summed E-state index contributed by atoms with van der Waals surface area (Å²) < 4.78 is 5.27. The zero-order chi connectivity index (χ0) is 22.7. The van der Waals surface area contributed by atoms with Crippen molar-refractivity contribution in [1.29, 1.82) is 0 Å². The number of carbonyl (C=O) groups excluding carboxylic acids is 4. The average molecular weight is 430 g/mol. The molecule has 0 N–H and O–H groups in total. The maximum atomic E-state index is 13.1. The molecule has 0 bridgehead atoms. The number of benzene rings is 4. The first kappa shape index (κ1) is 19.1. The molecule has 0 radical (unpaired) electrons. The third kappa shape index (κ3) is 2.66. The second-order valence-corrected chi connectivity index (χ2v) is 7.88. The highest BCUT2D eigenvalue weighted by molar-refractivity contribution is 6.26. The number of fused-ring (bicyclic) bond motifs is 6. The highest BCUT2D eigenvalue weighted by Crippen LogP contribution is 2.40. The first-order valence-electron chi connectivity index (χ1n) is 10.4. The van der Waals surface area contributed by atoms with E-state index < -0.39 is 11.9 Å². The third-order valence-electron chi connectivity index (χ3n) is 6.13. The molecule has 0 heterocycles. The van der Waals surface area contributed by atoms with Crippen molar-refractivity contribution in [2.45, 2.75) is 0 Å². The van der Waals surface area contributed by atoms with E-state index in [1.807, 2.05) is 0 Å². The number of ketones is 2. The highest BCUT2D eigenvalue weighted by atomic mass is 16.6. The van der Waals surface area contributed by atoms with Crippen LogP contribution in [0.3, 0.4) is 0 Å². The van der Waals surface area contributed by atoms with Gasteiger partial charge in [-0.1, -0.05) is 72.8 Å². The molecule has 4 aromatic carbocycles. The van der Waals surface area contributed by atoms with E-state index in [2.05, 4.69) is 0 Å². The summed E-state index contributed by atoms with van der Waals surface area (Å²) in [6.07, 6.45) is 0. The molecule has 0 aliphatic heterocycles. The lowest BCUT2D eigenvalue weighted by Gasteiger charge is -2.10. The van der Waals surface area contributed by atoms with Crippen LogP contribution in [-0.2, 0) is 4.74 Å². The minimum absolute atomic E-state index is 0.142. The van der Waals surface area contributed by atoms with Crippen LogP contribution in [0.2, 0.25) is 0 Å². The van der Waals surface area contributed by atoms with E-state index >= 15 is 0 Å². The van der Waals surface area contributed by atoms with Crippen LogP contribution in [-0.4, -0.2) is 23.5 Å². The molecule has 156 valence electrons. The molecule has 4 aromatic rings. The lowest BCUT2D eigenvalue weighted by atomic mass is 9.99. The Morgan fingerprint density at radius 2 is 0.818 bits per heavy atom. The van der Waals surface area contributed by atoms with Gasteiger partial charge < -0.3 is 4.74 Å². The summed E-state index contributed by atoms with van der Waals surface area (Å²) in [7, 11) is 0. The van der Waals surface area contributed by atoms with Gasteiger partial charge in [-0.2, -0.15) is 0 Å². The highest BCUT2D eigenvalue weighted by Gasteiger charge is 2.33. The minimum atomic E-state index is -0.850. The lowest BCUT2D eigenvalue weighted by molar-refractivity contribution is 0.0399. The monoisotopic (exact) mass is 430 g/mol. The standard InChI is InChI=1S/C28H14O5/c29-25-17-9-3-1-7-15(17)23-19(25)11-5-13-21(23)27(31)33-28(32)22-14-6-12-20-24(22)16-8-2-4-10-18(16)26(20)30/h1-14H. The molecule has 5 nitrogen and oxygen atoms in total. The Morgan fingerprint density at radius 3 is 1.24 bits per heavy atom. The van der Waals surface area contributed by atoms with Gasteiger partial charge in [-0.05, 0) is 23.3 Å². The Labute approximate surface area is 188 Å². The topological polar surface area (TPSA) is 77.5 Å². The van der Waals surface area contributed by atoms with Gasteiger partial charge in [0, 0.05) is 33.4 Å². The molecule has 0 saturated carbocycles. The summed E-state index contributed by atoms with van der Waals surface area (Å²) in [4.78, 5) is 51.6. The fourth-order valence-corrected chi connectivity index (χ4v) is 4.69. The smallest absolute Gasteiger partial charge is 0.346 e. The average Bonchev–Trinajstić information content (AvgIpc) is 3.31. The predicted octanol–water partition coefficient (Wildman–Crippen LogP) is 5.11. The van der Waals surface area contributed by atoms with E-state index in [1.165, 1.54) is 12.1 Å². The molecule has 0 saturated heterocycles. The Balaban J connectivity index is 1.40. The van der Waals surface area contributed by atoms with E-state index in [0.29, 0.717) is 44.5 Å². The molecule has 5 heteroatoms. The quantitative estimate of drug-likeness (QED) is 0.282. The van der Waals surface area contributed by atoms with E-state index in [1.54, 1.807) is 72.8 Å². The summed E-state index contributed by atoms with van der Waals surface area (Å²) in [6.45, 7) is 0. The van der Waals surface area contributed by atoms with Crippen LogP contribution >= 0.6 is 0 Å². The SMILES string of the molecule is O=C(OC(=O)c1cccc2c1-c1ccccc1C2=O)c1cccc2c1-c1ccccc1C2=O. The van der Waals surface area contributed by atoms with Crippen LogP contribution in [0.1, 0.15) is 52.6 Å². The van der Waals surface area contributed by atoms with Crippen LogP contribution in [0.25, 0.3) is 22.3 Å². The van der Waals surface area contributed by atoms with Crippen molar-refractivity contribution >= 4 is 23.5 Å². The summed E-state index contributed by atoms with van der Waals surface area (Å²) >= 11 is 0. The van der Waals surface area contributed by atoms with Gasteiger partial charge in [-0.3, -0.25) is 9.59 Å². The van der Waals surface area contributed by atoms with Gasteiger partial charge in [-0.15, -0.1) is 0 Å². The van der Waals surface area contributed by atoms with Gasteiger partial charge in [0.25, 0.3) is 0 Å². The van der Waals surface area contributed by atoms with Crippen LogP contribution in [0.4, 0.5) is 0 Å². The third-order valence-corrected chi connectivity index (χ3v) is 6.13. The summed E-state index contributed by atoms with van der Waals surface area (Å²) in [5.41, 5.74) is 4.31. The molecule has 0 unspecified atom stereocenters. The van der Waals surface area contributed by atoms with Crippen molar-refractivity contribution in [2.75, 3.05) is 0 Å². The summed E-state index contributed by atoms with van der Waals surface area (Å²) in [5, 5.41) is 0. The first-order valence-corrected chi connectivity index (χ1v) is 10.4. The molecular weight excluding hydrogens is 416 g/mol. The molecule has 6 rings (SSSR count). The zero-order valence-corrected chi connectivity index (χ0v) is 17.1. The van der Waals surface area contributed by atoms with E-state index in [4.69, 9.17) is 4.74 Å². The maximum absolute atomic E-state index is 13.1. The second kappa shape index (κ2) is 6.93. The summed E-state index contributed by atoms with van der Waals surface area (Å²) in [6, 6.07) is 23.6. The van der Waals surface area contributed by atoms with Crippen LogP contribution in [0, 0.1) is 0 Å². The molecule has 33 heavy (non-hydrogen) atoms. The molecule has 2 aliphatic carbocycles. The van der Waals surface area contributed by atoms with E-state index in [-0.39, 0.29) is 22.7 Å². The van der Waals surface area contributed by atoms with Gasteiger partial charge in [0.15, 0.2) is 11.6 Å². The van der Waals surface area contributed by atoms with Crippen molar-refractivity contribution < 1.29 is 23.9 Å². The molecule has 0 fully saturated rings. The predicted molar refractivity (Wildman–Crippen MR) is 120 cm³/mol. The van der Waals surface area contributed by atoms with E-state index in [9.17, 15) is 19.2 Å². The number of hydrogen-bond donors (Lipinski definition) is 0. The van der Waals surface area contributed by atoms with E-state index in [0.717, 1.165) is 0 Å². The van der Waals surface area contributed by atoms with Crippen LogP contribution in [0.15, 0.2) is 84.9 Å². The fraction of sp³-hybridized carbons (Fsp3) is 0. The number of hydrogen-bond acceptors (Lipinski definition) is 5. The Morgan fingerprint density at radius 1 is 0.455 bits per heavy atom. The molecule has 0 aromatic heterocycles. The Hall–Kier alpha value is -4.64. The van der Waals surface area contributed by atoms with Crippen LogP contribution in [0.5, 0.6) is 0 Å². The number of esters is 2. The second-order valence-electron chi connectivity index (χ2n) is 7.88. The Kier molecular flexibility index (Phi) is 4.01. The van der Waals surface area contributed by atoms with Crippen molar-refractivity contribution in [3.63, 3.8) is 0 Å². The van der Waals surface area contributed by atoms with Crippen molar-refractivity contribution in [1.82, 2.24) is 0 Å². The van der Waals surface area contributed by atoms with Crippen molar-refractivity contribution in [2.24, 2.45) is 0 Å². The maximum Gasteiger partial charge on any atom is 0.346 e. The Bertz CT molecular complexity index is 1440. The molecule has 0 amide bonds. The zero-order valence-electron chi connectivity index (χ0n) is 17.1. The fourth-order valence-electron chi connectivity index (χ4n) is 4.69. The van der Waals surface area contributed by atoms with Gasteiger partial charge >= 0.3 is 11.9 Å². The largest absolute Gasteiger partial charge is 0.386 e. The molecular formula is C28H14O5. The number of ether oxygens (including phenoxy) is 1. The minimum Gasteiger partial charge on any atom is -0.386 e. The first-order chi connectivity index (χ1) is 16.1. The van der Waals surface area contributed by atoms with Crippen molar-refractivity contribution in [3.05, 3.63) is 118 Å². The number of carbonyl (C=O) groups is 4.